The largest absolute Gasteiger partial charge is 0.379 e. The van der Waals surface area contributed by atoms with Gasteiger partial charge in [0.1, 0.15) is 5.69 Å². The molecule has 0 amide bonds. The maximum absolute atomic E-state index is 10.7. The fourth-order valence-electron chi connectivity index (χ4n) is 1.71. The zero-order valence-electron chi connectivity index (χ0n) is 9.33. The van der Waals surface area contributed by atoms with Crippen LogP contribution in [-0.2, 0) is 6.42 Å². The quantitative estimate of drug-likeness (QED) is 0.570. The highest BCUT2D eigenvalue weighted by molar-refractivity contribution is 5.70. The van der Waals surface area contributed by atoms with Crippen molar-refractivity contribution in [1.82, 2.24) is 0 Å². The van der Waals surface area contributed by atoms with E-state index in [1.54, 1.807) is 6.07 Å². The molecule has 1 aromatic carbocycles. The molecule has 0 saturated heterocycles. The van der Waals surface area contributed by atoms with Crippen LogP contribution in [0.3, 0.4) is 0 Å². The Bertz CT molecular complexity index is 375. The van der Waals surface area contributed by atoms with Crippen molar-refractivity contribution in [1.29, 1.82) is 0 Å². The zero-order chi connectivity index (χ0) is 11.4. The first kappa shape index (κ1) is 11.5. The highest BCUT2D eigenvalue weighted by Crippen LogP contribution is 2.33. The van der Waals surface area contributed by atoms with Crippen LogP contribution in [0.15, 0.2) is 12.1 Å². The van der Waals surface area contributed by atoms with Crippen LogP contribution in [0.5, 0.6) is 0 Å². The SMILES string of the molecule is CC.Cc1cc2c(c([N+](=O)[O-])c1)NCC2. The summed E-state index contributed by atoms with van der Waals surface area (Å²) in [5.74, 6) is 0. The maximum Gasteiger partial charge on any atom is 0.292 e. The average molecular weight is 208 g/mol. The number of nitrogens with zero attached hydrogens (tertiary/aromatic N) is 1. The minimum Gasteiger partial charge on any atom is -0.379 e. The molecule has 0 aliphatic carbocycles. The van der Waals surface area contributed by atoms with Gasteiger partial charge in [-0.1, -0.05) is 19.9 Å². The van der Waals surface area contributed by atoms with Crippen molar-refractivity contribution in [3.63, 3.8) is 0 Å². The summed E-state index contributed by atoms with van der Waals surface area (Å²) in [6.45, 7) is 6.69. The van der Waals surface area contributed by atoms with Gasteiger partial charge in [-0.3, -0.25) is 10.1 Å². The molecule has 0 fully saturated rings. The number of anilines is 1. The molecule has 0 saturated carbocycles. The molecule has 0 atom stereocenters. The monoisotopic (exact) mass is 208 g/mol. The van der Waals surface area contributed by atoms with Gasteiger partial charge in [-0.15, -0.1) is 0 Å². The molecule has 0 spiro atoms. The smallest absolute Gasteiger partial charge is 0.292 e. The fourth-order valence-corrected chi connectivity index (χ4v) is 1.71. The van der Waals surface area contributed by atoms with E-state index in [0.717, 1.165) is 24.1 Å². The molecule has 4 nitrogen and oxygen atoms in total. The van der Waals surface area contributed by atoms with Gasteiger partial charge in [-0.2, -0.15) is 0 Å². The third-order valence-electron chi connectivity index (χ3n) is 2.24. The molecule has 1 heterocycles. The average Bonchev–Trinajstić information content (AvgIpc) is 2.67. The molecule has 2 rings (SSSR count). The second-order valence-electron chi connectivity index (χ2n) is 3.25. The van der Waals surface area contributed by atoms with Gasteiger partial charge in [-0.05, 0) is 24.5 Å². The number of benzene rings is 1. The molecule has 0 radical (unpaired) electrons. The van der Waals surface area contributed by atoms with Gasteiger partial charge in [0.15, 0.2) is 0 Å². The Hall–Kier alpha value is -1.58. The second kappa shape index (κ2) is 4.77. The van der Waals surface area contributed by atoms with E-state index in [4.69, 9.17) is 0 Å². The van der Waals surface area contributed by atoms with E-state index < -0.39 is 0 Å². The lowest BCUT2D eigenvalue weighted by Gasteiger charge is -2.02. The molecular formula is C11H16N2O2. The predicted molar refractivity (Wildman–Crippen MR) is 61.4 cm³/mol. The Morgan fingerprint density at radius 3 is 2.67 bits per heavy atom. The number of nitro groups is 1. The number of rotatable bonds is 1. The normalized spacial score (nSPS) is 12.2. The molecular weight excluding hydrogens is 192 g/mol. The molecule has 1 aliphatic rings. The van der Waals surface area contributed by atoms with E-state index in [0.29, 0.717) is 5.69 Å². The zero-order valence-corrected chi connectivity index (χ0v) is 9.33. The Balaban J connectivity index is 0.000000531. The molecule has 15 heavy (non-hydrogen) atoms. The Morgan fingerprint density at radius 2 is 2.07 bits per heavy atom. The second-order valence-corrected chi connectivity index (χ2v) is 3.25. The van der Waals surface area contributed by atoms with Crippen molar-refractivity contribution in [3.8, 4) is 0 Å². The summed E-state index contributed by atoms with van der Waals surface area (Å²) in [5.41, 5.74) is 2.92. The van der Waals surface area contributed by atoms with Crippen molar-refractivity contribution in [2.24, 2.45) is 0 Å². The molecule has 0 bridgehead atoms. The highest BCUT2D eigenvalue weighted by atomic mass is 16.6. The molecule has 82 valence electrons. The predicted octanol–water partition coefficient (Wildman–Crippen LogP) is 2.90. The van der Waals surface area contributed by atoms with Gasteiger partial charge >= 0.3 is 0 Å². The van der Waals surface area contributed by atoms with Crippen LogP contribution in [-0.4, -0.2) is 11.5 Å². The summed E-state index contributed by atoms with van der Waals surface area (Å²) in [5, 5.41) is 13.7. The van der Waals surface area contributed by atoms with Crippen LogP contribution < -0.4 is 5.32 Å². The van der Waals surface area contributed by atoms with Gasteiger partial charge < -0.3 is 5.32 Å². The van der Waals surface area contributed by atoms with Gasteiger partial charge in [0.25, 0.3) is 5.69 Å². The summed E-state index contributed by atoms with van der Waals surface area (Å²) < 4.78 is 0. The van der Waals surface area contributed by atoms with Gasteiger partial charge in [0.2, 0.25) is 0 Å². The van der Waals surface area contributed by atoms with E-state index in [1.165, 1.54) is 0 Å². The van der Waals surface area contributed by atoms with Crippen molar-refractivity contribution in [3.05, 3.63) is 33.4 Å². The summed E-state index contributed by atoms with van der Waals surface area (Å²) in [4.78, 5) is 10.3. The highest BCUT2D eigenvalue weighted by Gasteiger charge is 2.21. The summed E-state index contributed by atoms with van der Waals surface area (Å²) >= 11 is 0. The number of hydrogen-bond donors (Lipinski definition) is 1. The fraction of sp³-hybridized carbons (Fsp3) is 0.455. The standard InChI is InChI=1S/C9H10N2O2.C2H6/c1-6-4-7-2-3-10-9(7)8(5-6)11(12)13;1-2/h4-5,10H,2-3H2,1H3;1-2H3. The van der Waals surface area contributed by atoms with Crippen LogP contribution in [0.4, 0.5) is 11.4 Å². The first-order valence-corrected chi connectivity index (χ1v) is 5.20. The van der Waals surface area contributed by atoms with Crippen molar-refractivity contribution < 1.29 is 4.92 Å². The van der Waals surface area contributed by atoms with Crippen LogP contribution in [0.25, 0.3) is 0 Å². The van der Waals surface area contributed by atoms with E-state index in [9.17, 15) is 10.1 Å². The maximum atomic E-state index is 10.7. The molecule has 1 aromatic rings. The molecule has 0 aromatic heterocycles. The first-order chi connectivity index (χ1) is 7.18. The lowest BCUT2D eigenvalue weighted by atomic mass is 10.1. The Labute approximate surface area is 89.5 Å². The lowest BCUT2D eigenvalue weighted by Crippen LogP contribution is -1.96. The van der Waals surface area contributed by atoms with Gasteiger partial charge in [-0.25, -0.2) is 0 Å². The molecule has 0 unspecified atom stereocenters. The molecule has 4 heteroatoms. The van der Waals surface area contributed by atoms with Gasteiger partial charge in [0.05, 0.1) is 4.92 Å². The van der Waals surface area contributed by atoms with E-state index in [2.05, 4.69) is 5.32 Å². The third-order valence-corrected chi connectivity index (χ3v) is 2.24. The van der Waals surface area contributed by atoms with Crippen LogP contribution >= 0.6 is 0 Å². The summed E-state index contributed by atoms with van der Waals surface area (Å²) in [6.07, 6.45) is 0.887. The summed E-state index contributed by atoms with van der Waals surface area (Å²) in [7, 11) is 0. The lowest BCUT2D eigenvalue weighted by molar-refractivity contribution is -0.384. The molecule has 1 aliphatic heterocycles. The summed E-state index contributed by atoms with van der Waals surface area (Å²) in [6, 6.07) is 3.61. The van der Waals surface area contributed by atoms with Crippen molar-refractivity contribution >= 4 is 11.4 Å². The topological polar surface area (TPSA) is 55.2 Å². The number of nitro benzene ring substituents is 1. The van der Waals surface area contributed by atoms with Crippen LogP contribution in [0.2, 0.25) is 0 Å². The van der Waals surface area contributed by atoms with Crippen LogP contribution in [0, 0.1) is 17.0 Å². The number of hydrogen-bond acceptors (Lipinski definition) is 3. The van der Waals surface area contributed by atoms with Gasteiger partial charge in [0, 0.05) is 12.6 Å². The van der Waals surface area contributed by atoms with E-state index in [1.807, 2.05) is 26.8 Å². The molecule has 1 N–H and O–H groups in total. The first-order valence-electron chi connectivity index (χ1n) is 5.20. The van der Waals surface area contributed by atoms with E-state index >= 15 is 0 Å². The van der Waals surface area contributed by atoms with Crippen LogP contribution in [0.1, 0.15) is 25.0 Å². The Morgan fingerprint density at radius 1 is 1.40 bits per heavy atom. The minimum absolute atomic E-state index is 0.201. The van der Waals surface area contributed by atoms with E-state index in [-0.39, 0.29) is 10.6 Å². The minimum atomic E-state index is -0.329. The number of nitrogens with one attached hydrogen (secondary N) is 1. The third kappa shape index (κ3) is 2.26. The Kier molecular flexibility index (Phi) is 3.66. The van der Waals surface area contributed by atoms with Crippen molar-refractivity contribution in [2.45, 2.75) is 27.2 Å². The number of aryl methyl sites for hydroxylation is 1. The number of fused-ring (bicyclic) bond motifs is 1. The van der Waals surface area contributed by atoms with Crippen molar-refractivity contribution in [2.75, 3.05) is 11.9 Å².